The van der Waals surface area contributed by atoms with Crippen molar-refractivity contribution in [3.63, 3.8) is 0 Å². The number of hydrogen-bond donors (Lipinski definition) is 3. The van der Waals surface area contributed by atoms with Crippen LogP contribution in [0.1, 0.15) is 10.4 Å². The molecule has 2 aromatic rings. The summed E-state index contributed by atoms with van der Waals surface area (Å²) < 4.78 is 27.6. The first-order valence-electron chi connectivity index (χ1n) is 5.64. The third kappa shape index (κ3) is 3.49. The lowest BCUT2D eigenvalue weighted by atomic mass is 10.1. The lowest BCUT2D eigenvalue weighted by Crippen LogP contribution is -2.18. The molecule has 0 heterocycles. The average Bonchev–Trinajstić information content (AvgIpc) is 2.42. The molecule has 0 aliphatic carbocycles. The van der Waals surface area contributed by atoms with E-state index in [-0.39, 0.29) is 20.7 Å². The summed E-state index contributed by atoms with van der Waals surface area (Å²) in [6, 6.07) is 6.41. The second-order valence-corrected chi connectivity index (χ2v) is 5.38. The molecule has 110 valence electrons. The van der Waals surface area contributed by atoms with Crippen molar-refractivity contribution in [1.82, 2.24) is 0 Å². The molecule has 0 aromatic heterocycles. The second-order valence-electron chi connectivity index (χ2n) is 4.03. The number of hydrazine groups is 1. The topological polar surface area (TPSA) is 67.1 Å². The summed E-state index contributed by atoms with van der Waals surface area (Å²) in [4.78, 5) is 12.1. The first-order chi connectivity index (χ1) is 9.92. The first-order valence-corrected chi connectivity index (χ1v) is 6.81. The smallest absolute Gasteiger partial charge is 0.258 e. The van der Waals surface area contributed by atoms with Crippen molar-refractivity contribution < 1.29 is 13.6 Å². The van der Waals surface area contributed by atoms with Crippen LogP contribution in [-0.2, 0) is 0 Å². The molecule has 0 spiro atoms. The molecule has 0 atom stereocenters. The van der Waals surface area contributed by atoms with Crippen LogP contribution in [0.2, 0.25) is 5.02 Å². The number of nitrogens with one attached hydrogen (secondary N) is 2. The Bertz CT molecular complexity index is 689. The fourth-order valence-electron chi connectivity index (χ4n) is 1.67. The molecule has 0 saturated heterocycles. The Labute approximate surface area is 132 Å². The van der Waals surface area contributed by atoms with E-state index >= 15 is 0 Å². The second kappa shape index (κ2) is 6.38. The summed E-state index contributed by atoms with van der Waals surface area (Å²) in [5, 5.41) is 2.45. The van der Waals surface area contributed by atoms with E-state index in [9.17, 15) is 13.6 Å². The highest BCUT2D eigenvalue weighted by Gasteiger charge is 2.17. The Kier molecular flexibility index (Phi) is 4.76. The molecule has 0 bridgehead atoms. The molecule has 0 aliphatic rings. The van der Waals surface area contributed by atoms with Gasteiger partial charge in [-0.25, -0.2) is 8.78 Å². The van der Waals surface area contributed by atoms with Crippen LogP contribution in [0.4, 0.5) is 20.2 Å². The molecule has 1 amide bonds. The highest BCUT2D eigenvalue weighted by atomic mass is 79.9. The van der Waals surface area contributed by atoms with Gasteiger partial charge < -0.3 is 10.7 Å². The summed E-state index contributed by atoms with van der Waals surface area (Å²) >= 11 is 8.76. The van der Waals surface area contributed by atoms with Crippen LogP contribution in [-0.4, -0.2) is 5.91 Å². The van der Waals surface area contributed by atoms with Crippen molar-refractivity contribution in [3.05, 3.63) is 57.0 Å². The fourth-order valence-corrected chi connectivity index (χ4v) is 2.25. The minimum absolute atomic E-state index is 0.0618. The molecule has 4 N–H and O–H groups in total. The number of carbonyl (C=O) groups excluding carboxylic acids is 1. The van der Waals surface area contributed by atoms with Crippen molar-refractivity contribution in [2.45, 2.75) is 0 Å². The van der Waals surface area contributed by atoms with E-state index in [1.165, 1.54) is 18.2 Å². The van der Waals surface area contributed by atoms with E-state index in [0.29, 0.717) is 0 Å². The van der Waals surface area contributed by atoms with Crippen LogP contribution in [0.3, 0.4) is 0 Å². The minimum atomic E-state index is -0.903. The number of benzene rings is 2. The van der Waals surface area contributed by atoms with Crippen LogP contribution in [0, 0.1) is 11.6 Å². The SMILES string of the molecule is NNc1ccc(Cl)cc1C(=O)Nc1c(F)cc(Br)cc1F. The zero-order valence-electron chi connectivity index (χ0n) is 10.4. The summed E-state index contributed by atoms with van der Waals surface area (Å²) in [7, 11) is 0. The van der Waals surface area contributed by atoms with Crippen molar-refractivity contribution in [3.8, 4) is 0 Å². The van der Waals surface area contributed by atoms with Crippen LogP contribution < -0.4 is 16.6 Å². The molecular weight excluding hydrogens is 368 g/mol. The zero-order valence-corrected chi connectivity index (χ0v) is 12.7. The van der Waals surface area contributed by atoms with Gasteiger partial charge in [0.25, 0.3) is 5.91 Å². The van der Waals surface area contributed by atoms with Crippen molar-refractivity contribution in [2.75, 3.05) is 10.7 Å². The van der Waals surface area contributed by atoms with Gasteiger partial charge in [0.15, 0.2) is 11.6 Å². The summed E-state index contributed by atoms with van der Waals surface area (Å²) in [5.74, 6) is 2.73. The van der Waals surface area contributed by atoms with E-state index in [2.05, 4.69) is 26.7 Å². The molecule has 2 rings (SSSR count). The molecule has 0 aliphatic heterocycles. The highest BCUT2D eigenvalue weighted by Crippen LogP contribution is 2.26. The van der Waals surface area contributed by atoms with E-state index in [1.807, 2.05) is 0 Å². The quantitative estimate of drug-likeness (QED) is 0.562. The number of anilines is 2. The largest absolute Gasteiger partial charge is 0.323 e. The summed E-state index contributed by atoms with van der Waals surface area (Å²) in [5.41, 5.74) is 2.10. The van der Waals surface area contributed by atoms with Crippen molar-refractivity contribution >= 4 is 44.8 Å². The number of nitrogens with two attached hydrogens (primary N) is 1. The third-order valence-electron chi connectivity index (χ3n) is 2.63. The molecule has 0 fully saturated rings. The lowest BCUT2D eigenvalue weighted by Gasteiger charge is -2.11. The molecular formula is C13H9BrClF2N3O. The number of hydrogen-bond acceptors (Lipinski definition) is 3. The molecule has 8 heteroatoms. The molecule has 21 heavy (non-hydrogen) atoms. The Morgan fingerprint density at radius 1 is 1.19 bits per heavy atom. The normalized spacial score (nSPS) is 10.3. The van der Waals surface area contributed by atoms with E-state index < -0.39 is 23.2 Å². The van der Waals surface area contributed by atoms with Crippen molar-refractivity contribution in [2.24, 2.45) is 5.84 Å². The fraction of sp³-hybridized carbons (Fsp3) is 0. The van der Waals surface area contributed by atoms with Gasteiger partial charge >= 0.3 is 0 Å². The van der Waals surface area contributed by atoms with Gasteiger partial charge in [0.1, 0.15) is 5.69 Å². The van der Waals surface area contributed by atoms with Gasteiger partial charge in [-0.15, -0.1) is 0 Å². The Hall–Kier alpha value is -1.70. The number of halogens is 4. The van der Waals surface area contributed by atoms with Gasteiger partial charge in [0, 0.05) is 9.50 Å². The molecule has 0 saturated carbocycles. The maximum atomic E-state index is 13.7. The number of nitrogen functional groups attached to an aromatic ring is 1. The van der Waals surface area contributed by atoms with Gasteiger partial charge in [-0.05, 0) is 30.3 Å². The molecule has 0 unspecified atom stereocenters. The Morgan fingerprint density at radius 3 is 2.38 bits per heavy atom. The third-order valence-corrected chi connectivity index (χ3v) is 3.32. The maximum Gasteiger partial charge on any atom is 0.258 e. The van der Waals surface area contributed by atoms with Crippen LogP contribution in [0.15, 0.2) is 34.8 Å². The average molecular weight is 377 g/mol. The van der Waals surface area contributed by atoms with Crippen molar-refractivity contribution in [1.29, 1.82) is 0 Å². The Balaban J connectivity index is 2.37. The summed E-state index contributed by atoms with van der Waals surface area (Å²) in [6.07, 6.45) is 0. The van der Waals surface area contributed by atoms with E-state index in [4.69, 9.17) is 17.4 Å². The van der Waals surface area contributed by atoms with E-state index in [1.54, 1.807) is 0 Å². The van der Waals surface area contributed by atoms with Gasteiger partial charge in [-0.1, -0.05) is 27.5 Å². The number of rotatable bonds is 3. The van der Waals surface area contributed by atoms with E-state index in [0.717, 1.165) is 12.1 Å². The zero-order chi connectivity index (χ0) is 15.6. The maximum absolute atomic E-state index is 13.7. The number of carbonyl (C=O) groups is 1. The predicted molar refractivity (Wildman–Crippen MR) is 81.3 cm³/mol. The standard InChI is InChI=1S/C13H9BrClF2N3O/c14-6-3-9(16)12(10(17)4-6)19-13(21)8-5-7(15)1-2-11(8)20-18/h1-5,20H,18H2,(H,19,21). The van der Waals surface area contributed by atoms with Gasteiger partial charge in [-0.2, -0.15) is 0 Å². The first kappa shape index (κ1) is 15.7. The van der Waals surface area contributed by atoms with Gasteiger partial charge in [0.2, 0.25) is 0 Å². The highest BCUT2D eigenvalue weighted by molar-refractivity contribution is 9.10. The molecule has 2 aromatic carbocycles. The predicted octanol–water partition coefficient (Wildman–Crippen LogP) is 3.92. The molecule has 4 nitrogen and oxygen atoms in total. The lowest BCUT2D eigenvalue weighted by molar-refractivity contribution is 0.102. The molecule has 0 radical (unpaired) electrons. The van der Waals surface area contributed by atoms with Crippen LogP contribution in [0.5, 0.6) is 0 Å². The van der Waals surface area contributed by atoms with Gasteiger partial charge in [0.05, 0.1) is 11.3 Å². The van der Waals surface area contributed by atoms with Crippen LogP contribution >= 0.6 is 27.5 Å². The summed E-state index contributed by atoms with van der Waals surface area (Å²) in [6.45, 7) is 0. The Morgan fingerprint density at radius 2 is 1.81 bits per heavy atom. The van der Waals surface area contributed by atoms with Gasteiger partial charge in [-0.3, -0.25) is 10.6 Å². The monoisotopic (exact) mass is 375 g/mol. The minimum Gasteiger partial charge on any atom is -0.323 e. The number of amides is 1. The van der Waals surface area contributed by atoms with Crippen LogP contribution in [0.25, 0.3) is 0 Å².